The van der Waals surface area contributed by atoms with Gasteiger partial charge in [0.15, 0.2) is 0 Å². The Kier molecular flexibility index (Phi) is 1.98. The maximum Gasteiger partial charge on any atom is 0.308 e. The van der Waals surface area contributed by atoms with Crippen molar-refractivity contribution in [1.82, 2.24) is 0 Å². The molecular formula is C8H10O4S. The van der Waals surface area contributed by atoms with Gasteiger partial charge in [0.1, 0.15) is 0 Å². The topological polar surface area (TPSA) is 74.6 Å². The van der Waals surface area contributed by atoms with Crippen molar-refractivity contribution < 1.29 is 19.8 Å². The van der Waals surface area contributed by atoms with Crippen molar-refractivity contribution in [2.45, 2.75) is 23.3 Å². The van der Waals surface area contributed by atoms with Gasteiger partial charge >= 0.3 is 11.9 Å². The second kappa shape index (κ2) is 2.90. The third-order valence-corrected chi connectivity index (χ3v) is 4.60. The molecular weight excluding hydrogens is 192 g/mol. The summed E-state index contributed by atoms with van der Waals surface area (Å²) < 4.78 is 0. The highest BCUT2D eigenvalue weighted by atomic mass is 32.2. The number of fused-ring (bicyclic) bond motifs is 2. The van der Waals surface area contributed by atoms with Crippen molar-refractivity contribution in [3.63, 3.8) is 0 Å². The standard InChI is InChI=1S/C8H10O4S/c9-7(10)5-3-1-2-4(13-3)6(5)8(11)12/h3-6H,1-2H2,(H,9,10)(H,11,12)/t3-,4-,5-,6+/m1/s1. The summed E-state index contributed by atoms with van der Waals surface area (Å²) in [5.41, 5.74) is 0. The van der Waals surface area contributed by atoms with Gasteiger partial charge in [-0.3, -0.25) is 9.59 Å². The van der Waals surface area contributed by atoms with E-state index in [4.69, 9.17) is 10.2 Å². The van der Waals surface area contributed by atoms with E-state index in [1.165, 1.54) is 0 Å². The Morgan fingerprint density at radius 3 is 1.69 bits per heavy atom. The molecule has 2 bridgehead atoms. The molecule has 2 fully saturated rings. The van der Waals surface area contributed by atoms with Crippen molar-refractivity contribution in [1.29, 1.82) is 0 Å². The van der Waals surface area contributed by atoms with E-state index in [0.717, 1.165) is 12.8 Å². The molecule has 2 heterocycles. The number of carbonyl (C=O) groups is 2. The van der Waals surface area contributed by atoms with Crippen LogP contribution in [0.5, 0.6) is 0 Å². The fourth-order valence-corrected chi connectivity index (χ4v) is 4.21. The Morgan fingerprint density at radius 1 is 1.00 bits per heavy atom. The molecule has 2 N–H and O–H groups in total. The molecule has 4 atom stereocenters. The largest absolute Gasteiger partial charge is 0.481 e. The van der Waals surface area contributed by atoms with Gasteiger partial charge < -0.3 is 10.2 Å². The molecule has 0 radical (unpaired) electrons. The number of aliphatic carboxylic acids is 2. The minimum absolute atomic E-state index is 0.0311. The van der Waals surface area contributed by atoms with Crippen LogP contribution in [0.15, 0.2) is 0 Å². The van der Waals surface area contributed by atoms with E-state index in [0.29, 0.717) is 0 Å². The van der Waals surface area contributed by atoms with Crippen molar-refractivity contribution in [2.75, 3.05) is 0 Å². The Hall–Kier alpha value is -0.710. The summed E-state index contributed by atoms with van der Waals surface area (Å²) in [6, 6.07) is 0. The minimum atomic E-state index is -0.952. The zero-order valence-corrected chi connectivity index (χ0v) is 7.66. The highest BCUT2D eigenvalue weighted by Crippen LogP contribution is 2.53. The van der Waals surface area contributed by atoms with Gasteiger partial charge in [0.05, 0.1) is 11.8 Å². The lowest BCUT2D eigenvalue weighted by Gasteiger charge is -2.22. The second-order valence-corrected chi connectivity index (χ2v) is 5.00. The monoisotopic (exact) mass is 202 g/mol. The summed E-state index contributed by atoms with van der Waals surface area (Å²) in [5, 5.41) is 17.8. The number of rotatable bonds is 2. The predicted molar refractivity (Wildman–Crippen MR) is 46.7 cm³/mol. The van der Waals surface area contributed by atoms with Gasteiger partial charge in [-0.25, -0.2) is 0 Å². The lowest BCUT2D eigenvalue weighted by atomic mass is 9.79. The average Bonchev–Trinajstić information content (AvgIpc) is 2.60. The van der Waals surface area contributed by atoms with E-state index in [1.807, 2.05) is 0 Å². The zero-order chi connectivity index (χ0) is 9.59. The summed E-state index contributed by atoms with van der Waals surface area (Å²) in [7, 11) is 0. The lowest BCUT2D eigenvalue weighted by Crippen LogP contribution is -2.38. The summed E-state index contributed by atoms with van der Waals surface area (Å²) in [4.78, 5) is 21.7. The van der Waals surface area contributed by atoms with Crippen molar-refractivity contribution in [3.05, 3.63) is 0 Å². The molecule has 0 aromatic rings. The van der Waals surface area contributed by atoms with Gasteiger partial charge in [-0.05, 0) is 12.8 Å². The Bertz CT molecular complexity index is 239. The highest BCUT2D eigenvalue weighted by Gasteiger charge is 2.55. The maximum atomic E-state index is 10.8. The summed E-state index contributed by atoms with van der Waals surface area (Å²) >= 11 is 1.54. The molecule has 0 unspecified atom stereocenters. The Balaban J connectivity index is 2.24. The van der Waals surface area contributed by atoms with Gasteiger partial charge in [0.2, 0.25) is 0 Å². The number of hydrogen-bond acceptors (Lipinski definition) is 3. The Morgan fingerprint density at radius 2 is 1.38 bits per heavy atom. The molecule has 2 saturated heterocycles. The molecule has 5 heteroatoms. The lowest BCUT2D eigenvalue weighted by molar-refractivity contribution is -0.154. The van der Waals surface area contributed by atoms with Gasteiger partial charge in [0, 0.05) is 10.5 Å². The van der Waals surface area contributed by atoms with Gasteiger partial charge in [-0.15, -0.1) is 0 Å². The third kappa shape index (κ3) is 1.22. The fourth-order valence-electron chi connectivity index (χ4n) is 2.31. The Labute approximate surface area is 79.3 Å². The molecule has 0 aliphatic carbocycles. The fraction of sp³-hybridized carbons (Fsp3) is 0.750. The van der Waals surface area contributed by atoms with Crippen LogP contribution < -0.4 is 0 Å². The molecule has 13 heavy (non-hydrogen) atoms. The first kappa shape index (κ1) is 8.87. The average molecular weight is 202 g/mol. The molecule has 2 rings (SSSR count). The van der Waals surface area contributed by atoms with Crippen LogP contribution in [0.1, 0.15) is 12.8 Å². The highest BCUT2D eigenvalue weighted by molar-refractivity contribution is 8.01. The van der Waals surface area contributed by atoms with Crippen LogP contribution in [0.3, 0.4) is 0 Å². The van der Waals surface area contributed by atoms with E-state index < -0.39 is 23.8 Å². The molecule has 0 spiro atoms. The van der Waals surface area contributed by atoms with Crippen LogP contribution in [-0.4, -0.2) is 32.7 Å². The molecule has 72 valence electrons. The smallest absolute Gasteiger partial charge is 0.308 e. The number of carboxylic acid groups (broad SMARTS) is 2. The van der Waals surface area contributed by atoms with E-state index in [-0.39, 0.29) is 10.5 Å². The first-order chi connectivity index (χ1) is 6.11. The summed E-state index contributed by atoms with van der Waals surface area (Å²) in [5.74, 6) is -3.23. The SMILES string of the molecule is O=C(O)[C@@H]1[C@H](C(=O)O)[C@H]2CC[C@H]1S2. The quantitative estimate of drug-likeness (QED) is 0.688. The summed E-state index contributed by atoms with van der Waals surface area (Å²) in [6.07, 6.45) is 1.71. The number of carboxylic acids is 2. The third-order valence-electron chi connectivity index (χ3n) is 2.84. The van der Waals surface area contributed by atoms with Crippen LogP contribution in [-0.2, 0) is 9.59 Å². The maximum absolute atomic E-state index is 10.8. The predicted octanol–water partition coefficient (Wildman–Crippen LogP) is 0.666. The summed E-state index contributed by atoms with van der Waals surface area (Å²) in [6.45, 7) is 0. The van der Waals surface area contributed by atoms with E-state index >= 15 is 0 Å². The van der Waals surface area contributed by atoms with Crippen LogP contribution >= 0.6 is 11.8 Å². The van der Waals surface area contributed by atoms with Crippen LogP contribution in [0.4, 0.5) is 0 Å². The van der Waals surface area contributed by atoms with Crippen LogP contribution in [0.2, 0.25) is 0 Å². The number of thioether (sulfide) groups is 1. The normalized spacial score (nSPS) is 42.2. The van der Waals surface area contributed by atoms with Gasteiger partial charge in [-0.1, -0.05) is 0 Å². The number of hydrogen-bond donors (Lipinski definition) is 2. The van der Waals surface area contributed by atoms with E-state index in [1.54, 1.807) is 11.8 Å². The first-order valence-electron chi connectivity index (χ1n) is 4.22. The van der Waals surface area contributed by atoms with Crippen LogP contribution in [0, 0.1) is 11.8 Å². The van der Waals surface area contributed by atoms with Gasteiger partial charge in [-0.2, -0.15) is 11.8 Å². The van der Waals surface area contributed by atoms with E-state index in [9.17, 15) is 9.59 Å². The van der Waals surface area contributed by atoms with Crippen molar-refractivity contribution in [3.8, 4) is 0 Å². The van der Waals surface area contributed by atoms with Crippen molar-refractivity contribution >= 4 is 23.7 Å². The molecule has 4 nitrogen and oxygen atoms in total. The van der Waals surface area contributed by atoms with Crippen LogP contribution in [0.25, 0.3) is 0 Å². The molecule has 0 saturated carbocycles. The van der Waals surface area contributed by atoms with Crippen molar-refractivity contribution in [2.24, 2.45) is 11.8 Å². The van der Waals surface area contributed by atoms with E-state index in [2.05, 4.69) is 0 Å². The zero-order valence-electron chi connectivity index (χ0n) is 6.84. The minimum Gasteiger partial charge on any atom is -0.481 e. The molecule has 2 aliphatic rings. The first-order valence-corrected chi connectivity index (χ1v) is 5.16. The second-order valence-electron chi connectivity index (χ2n) is 3.52. The van der Waals surface area contributed by atoms with Gasteiger partial charge in [0.25, 0.3) is 0 Å². The molecule has 0 amide bonds. The molecule has 2 aliphatic heterocycles. The molecule has 0 aromatic carbocycles. The molecule has 0 aromatic heterocycles.